The summed E-state index contributed by atoms with van der Waals surface area (Å²) in [7, 11) is 3.55. The standard InChI is InChI=1S/C11H25N2O4Si/c1-13(2,3)7-11-17-18-14-8-4-12(5-9-15-18)6-10-16-18/h4-11H2,1-3H3/q+1. The van der Waals surface area contributed by atoms with Gasteiger partial charge in [-0.15, -0.1) is 0 Å². The Morgan fingerprint density at radius 1 is 1.00 bits per heavy atom. The SMILES string of the molecule is C[N+](C)(C)CCO[Si]12OCCN(CCO1)CCO2. The molecule has 3 saturated heterocycles. The fraction of sp³-hybridized carbons (Fsp3) is 1.00. The lowest BCUT2D eigenvalue weighted by molar-refractivity contribution is -0.870. The molecule has 3 aliphatic rings. The molecule has 0 aromatic carbocycles. The van der Waals surface area contributed by atoms with Crippen LogP contribution < -0.4 is 0 Å². The predicted octanol–water partition coefficient (Wildman–Crippen LogP) is -0.476. The van der Waals surface area contributed by atoms with E-state index in [0.717, 1.165) is 30.7 Å². The van der Waals surface area contributed by atoms with Gasteiger partial charge in [-0.3, -0.25) is 4.90 Å². The van der Waals surface area contributed by atoms with Crippen molar-refractivity contribution in [2.45, 2.75) is 0 Å². The van der Waals surface area contributed by atoms with Gasteiger partial charge in [-0.25, -0.2) is 0 Å². The maximum Gasteiger partial charge on any atom is 0.680 e. The molecule has 0 aromatic heterocycles. The van der Waals surface area contributed by atoms with Gasteiger partial charge in [0.05, 0.1) is 47.6 Å². The summed E-state index contributed by atoms with van der Waals surface area (Å²) in [6, 6.07) is 0. The van der Waals surface area contributed by atoms with Gasteiger partial charge in [-0.1, -0.05) is 0 Å². The van der Waals surface area contributed by atoms with E-state index in [2.05, 4.69) is 26.0 Å². The van der Waals surface area contributed by atoms with Crippen LogP contribution in [0.25, 0.3) is 0 Å². The van der Waals surface area contributed by atoms with Gasteiger partial charge in [0.1, 0.15) is 6.54 Å². The average molecular weight is 277 g/mol. The maximum atomic E-state index is 5.89. The van der Waals surface area contributed by atoms with Crippen LogP contribution in [0.4, 0.5) is 0 Å². The highest BCUT2D eigenvalue weighted by molar-refractivity contribution is 6.53. The molecule has 2 bridgehead atoms. The first-order valence-corrected chi connectivity index (χ1v) is 8.21. The van der Waals surface area contributed by atoms with E-state index in [-0.39, 0.29) is 0 Å². The fourth-order valence-electron chi connectivity index (χ4n) is 1.93. The second-order valence-corrected chi connectivity index (χ2v) is 7.90. The summed E-state index contributed by atoms with van der Waals surface area (Å²) < 4.78 is 24.1. The van der Waals surface area contributed by atoms with Crippen LogP contribution in [0.1, 0.15) is 0 Å². The number of fused-ring (bicyclic) bond motifs is 6. The van der Waals surface area contributed by atoms with Crippen molar-refractivity contribution in [1.29, 1.82) is 0 Å². The molecule has 0 saturated carbocycles. The first kappa shape index (κ1) is 14.4. The van der Waals surface area contributed by atoms with Crippen LogP contribution >= 0.6 is 0 Å². The van der Waals surface area contributed by atoms with Gasteiger partial charge in [0.2, 0.25) is 0 Å². The smallest absolute Gasteiger partial charge is 0.350 e. The van der Waals surface area contributed by atoms with Crippen LogP contribution in [0.2, 0.25) is 0 Å². The summed E-state index contributed by atoms with van der Waals surface area (Å²) in [5.74, 6) is 0. The van der Waals surface area contributed by atoms with Crippen molar-refractivity contribution in [2.24, 2.45) is 0 Å². The molecule has 3 fully saturated rings. The molecule has 106 valence electrons. The summed E-state index contributed by atoms with van der Waals surface area (Å²) >= 11 is 0. The normalized spacial score (nSPS) is 33.8. The lowest BCUT2D eigenvalue weighted by Gasteiger charge is -2.37. The van der Waals surface area contributed by atoms with Crippen LogP contribution in [0, 0.1) is 0 Å². The third-order valence-corrected chi connectivity index (χ3v) is 5.33. The van der Waals surface area contributed by atoms with E-state index in [0.29, 0.717) is 26.4 Å². The largest absolute Gasteiger partial charge is 0.680 e. The molecule has 3 aliphatic heterocycles. The molecule has 3 rings (SSSR count). The van der Waals surface area contributed by atoms with Crippen molar-refractivity contribution < 1.29 is 22.2 Å². The minimum atomic E-state index is -2.86. The number of nitrogens with zero attached hydrogens (tertiary/aromatic N) is 2. The Balaban J connectivity index is 1.89. The number of likely N-dealkylation sites (N-methyl/N-ethyl adjacent to an activating group) is 1. The Kier molecular flexibility index (Phi) is 4.76. The summed E-state index contributed by atoms with van der Waals surface area (Å²) in [6.45, 7) is 6.26. The zero-order valence-electron chi connectivity index (χ0n) is 11.7. The van der Waals surface area contributed by atoms with E-state index in [4.69, 9.17) is 17.7 Å². The van der Waals surface area contributed by atoms with E-state index in [9.17, 15) is 0 Å². The van der Waals surface area contributed by atoms with E-state index in [1.54, 1.807) is 0 Å². The minimum absolute atomic E-state index is 0.611. The van der Waals surface area contributed by atoms with Crippen LogP contribution in [-0.2, 0) is 17.7 Å². The van der Waals surface area contributed by atoms with E-state index >= 15 is 0 Å². The predicted molar refractivity (Wildman–Crippen MR) is 68.9 cm³/mol. The first-order valence-electron chi connectivity index (χ1n) is 6.58. The Hall–Kier alpha value is -0.0231. The highest BCUT2D eigenvalue weighted by atomic mass is 28.4. The molecule has 0 unspecified atom stereocenters. The Labute approximate surface area is 110 Å². The number of hydrogen-bond acceptors (Lipinski definition) is 5. The Morgan fingerprint density at radius 2 is 1.50 bits per heavy atom. The van der Waals surface area contributed by atoms with Crippen molar-refractivity contribution >= 4 is 9.05 Å². The van der Waals surface area contributed by atoms with Crippen molar-refractivity contribution in [3.8, 4) is 0 Å². The van der Waals surface area contributed by atoms with Crippen molar-refractivity contribution in [2.75, 3.05) is 73.7 Å². The van der Waals surface area contributed by atoms with Gasteiger partial charge in [-0.05, 0) is 0 Å². The molecular weight excluding hydrogens is 252 g/mol. The second-order valence-electron chi connectivity index (χ2n) is 5.75. The molecule has 0 atom stereocenters. The zero-order chi connectivity index (χ0) is 13.1. The molecule has 0 N–H and O–H groups in total. The molecule has 18 heavy (non-hydrogen) atoms. The lowest BCUT2D eigenvalue weighted by atomic mass is 10.4. The van der Waals surface area contributed by atoms with Crippen LogP contribution in [0.3, 0.4) is 0 Å². The quantitative estimate of drug-likeness (QED) is 0.513. The van der Waals surface area contributed by atoms with E-state index in [1.807, 2.05) is 0 Å². The topological polar surface area (TPSA) is 40.2 Å². The summed E-state index contributed by atoms with van der Waals surface area (Å²) in [5, 5.41) is 0. The van der Waals surface area contributed by atoms with Crippen molar-refractivity contribution in [3.63, 3.8) is 0 Å². The molecule has 0 spiro atoms. The van der Waals surface area contributed by atoms with Crippen LogP contribution in [0.15, 0.2) is 0 Å². The van der Waals surface area contributed by atoms with Gasteiger partial charge in [0.15, 0.2) is 0 Å². The second kappa shape index (κ2) is 5.95. The fourth-order valence-corrected chi connectivity index (χ4v) is 3.79. The van der Waals surface area contributed by atoms with Crippen LogP contribution in [-0.4, -0.2) is 92.2 Å². The minimum Gasteiger partial charge on any atom is -0.350 e. The number of hydrogen-bond donors (Lipinski definition) is 0. The van der Waals surface area contributed by atoms with Gasteiger partial charge >= 0.3 is 9.05 Å². The van der Waals surface area contributed by atoms with Gasteiger partial charge < -0.3 is 22.2 Å². The third kappa shape index (κ3) is 4.27. The van der Waals surface area contributed by atoms with Gasteiger partial charge in [0, 0.05) is 19.6 Å². The summed E-state index contributed by atoms with van der Waals surface area (Å²) in [5.41, 5.74) is 0. The molecule has 0 aliphatic carbocycles. The van der Waals surface area contributed by atoms with Crippen LogP contribution in [0.5, 0.6) is 0 Å². The zero-order valence-corrected chi connectivity index (χ0v) is 12.7. The molecule has 6 nitrogen and oxygen atoms in total. The highest BCUT2D eigenvalue weighted by Crippen LogP contribution is 2.17. The third-order valence-electron chi connectivity index (χ3n) is 3.10. The molecule has 0 radical (unpaired) electrons. The lowest BCUT2D eigenvalue weighted by Crippen LogP contribution is -2.57. The Bertz CT molecular complexity index is 246. The monoisotopic (exact) mass is 277 g/mol. The first-order chi connectivity index (χ1) is 8.49. The molecular formula is C11H25N2O4Si+. The van der Waals surface area contributed by atoms with E-state index in [1.165, 1.54) is 0 Å². The van der Waals surface area contributed by atoms with Gasteiger partial charge in [0.25, 0.3) is 0 Å². The Morgan fingerprint density at radius 3 is 1.94 bits per heavy atom. The molecule has 0 aromatic rings. The van der Waals surface area contributed by atoms with E-state index < -0.39 is 9.05 Å². The summed E-state index contributed by atoms with van der Waals surface area (Å²) in [6.07, 6.45) is 0. The molecule has 7 heteroatoms. The van der Waals surface area contributed by atoms with Crippen molar-refractivity contribution in [3.05, 3.63) is 0 Å². The van der Waals surface area contributed by atoms with Gasteiger partial charge in [-0.2, -0.15) is 0 Å². The average Bonchev–Trinajstić information content (AvgIpc) is 2.16. The number of quaternary nitrogens is 1. The highest BCUT2D eigenvalue weighted by Gasteiger charge is 2.48. The summed E-state index contributed by atoms with van der Waals surface area (Å²) in [4.78, 5) is 2.30. The maximum absolute atomic E-state index is 5.89. The van der Waals surface area contributed by atoms with Crippen molar-refractivity contribution in [1.82, 2.24) is 4.90 Å². The molecule has 3 heterocycles. The number of rotatable bonds is 4. The molecule has 0 amide bonds.